The fourth-order valence-electron chi connectivity index (χ4n) is 5.37. The Labute approximate surface area is 192 Å². The van der Waals surface area contributed by atoms with Gasteiger partial charge in [-0.2, -0.15) is 0 Å². The summed E-state index contributed by atoms with van der Waals surface area (Å²) in [5.41, 5.74) is 3.95. The SMILES string of the molecule is Cc1cc(C(=O)N2CCN(Cc3cc(=O)n4ccsc4n3)CC2)c(C)n1C1CCCCC1. The van der Waals surface area contributed by atoms with Crippen LogP contribution in [0.2, 0.25) is 0 Å². The molecule has 2 aliphatic rings. The summed E-state index contributed by atoms with van der Waals surface area (Å²) in [6.45, 7) is 7.86. The predicted octanol–water partition coefficient (Wildman–Crippen LogP) is 3.64. The van der Waals surface area contributed by atoms with Crippen LogP contribution in [0.15, 0.2) is 28.5 Å². The molecule has 0 bridgehead atoms. The molecule has 0 N–H and O–H groups in total. The zero-order valence-corrected chi connectivity index (χ0v) is 19.7. The van der Waals surface area contributed by atoms with Gasteiger partial charge in [0.1, 0.15) is 0 Å². The molecule has 0 unspecified atom stereocenters. The number of rotatable bonds is 4. The van der Waals surface area contributed by atoms with Crippen molar-refractivity contribution in [1.29, 1.82) is 0 Å². The first-order valence-electron chi connectivity index (χ1n) is 11.7. The highest BCUT2D eigenvalue weighted by Gasteiger charge is 2.27. The van der Waals surface area contributed by atoms with E-state index in [9.17, 15) is 9.59 Å². The van der Waals surface area contributed by atoms with Gasteiger partial charge in [0, 0.05) is 67.8 Å². The number of piperazine rings is 1. The van der Waals surface area contributed by atoms with Gasteiger partial charge in [-0.25, -0.2) is 4.98 Å². The smallest absolute Gasteiger partial charge is 0.258 e. The maximum atomic E-state index is 13.3. The standard InChI is InChI=1S/C24H31N5O2S/c1-17-14-21(18(2)29(17)20-6-4-3-5-7-20)23(31)27-10-8-26(9-11-27)16-19-15-22(30)28-12-13-32-24(28)25-19/h12-15,20H,3-11,16H2,1-2H3. The zero-order chi connectivity index (χ0) is 22.2. The molecular formula is C24H31N5O2S. The molecule has 5 rings (SSSR count). The van der Waals surface area contributed by atoms with Crippen molar-refractivity contribution in [1.82, 2.24) is 23.8 Å². The Balaban J connectivity index is 1.24. The van der Waals surface area contributed by atoms with Crippen molar-refractivity contribution in [2.75, 3.05) is 26.2 Å². The van der Waals surface area contributed by atoms with Crippen molar-refractivity contribution in [3.8, 4) is 0 Å². The van der Waals surface area contributed by atoms with Gasteiger partial charge >= 0.3 is 0 Å². The number of hydrogen-bond acceptors (Lipinski definition) is 5. The molecule has 0 radical (unpaired) electrons. The Hall–Kier alpha value is -2.45. The monoisotopic (exact) mass is 453 g/mol. The minimum absolute atomic E-state index is 0.0339. The summed E-state index contributed by atoms with van der Waals surface area (Å²) in [6, 6.07) is 4.25. The number of carbonyl (C=O) groups excluding carboxylic acids is 1. The third kappa shape index (κ3) is 4.01. The predicted molar refractivity (Wildman–Crippen MR) is 127 cm³/mol. The zero-order valence-electron chi connectivity index (χ0n) is 18.9. The number of hydrogen-bond donors (Lipinski definition) is 0. The highest BCUT2D eigenvalue weighted by molar-refractivity contribution is 7.15. The van der Waals surface area contributed by atoms with Gasteiger partial charge in [0.05, 0.1) is 11.3 Å². The fraction of sp³-hybridized carbons (Fsp3) is 0.542. The molecule has 1 saturated heterocycles. The molecule has 0 spiro atoms. The minimum Gasteiger partial charge on any atom is -0.345 e. The first-order valence-corrected chi connectivity index (χ1v) is 12.5. The molecule has 8 heteroatoms. The van der Waals surface area contributed by atoms with Crippen molar-refractivity contribution in [3.05, 3.63) is 56.7 Å². The fourth-order valence-corrected chi connectivity index (χ4v) is 6.11. The van der Waals surface area contributed by atoms with E-state index >= 15 is 0 Å². The van der Waals surface area contributed by atoms with Crippen LogP contribution in [0.1, 0.15) is 65.6 Å². The van der Waals surface area contributed by atoms with Crippen LogP contribution in [0.4, 0.5) is 0 Å². The number of aryl methyl sites for hydroxylation is 1. The summed E-state index contributed by atoms with van der Waals surface area (Å²) in [4.78, 5) is 35.2. The van der Waals surface area contributed by atoms with Gasteiger partial charge < -0.3 is 9.47 Å². The molecule has 170 valence electrons. The molecule has 1 aliphatic heterocycles. The van der Waals surface area contributed by atoms with Crippen LogP contribution >= 0.6 is 11.3 Å². The Bertz CT molecular complexity index is 1180. The van der Waals surface area contributed by atoms with Gasteiger partial charge in [-0.1, -0.05) is 19.3 Å². The molecule has 1 saturated carbocycles. The van der Waals surface area contributed by atoms with E-state index < -0.39 is 0 Å². The molecule has 3 aromatic heterocycles. The van der Waals surface area contributed by atoms with E-state index in [-0.39, 0.29) is 11.5 Å². The molecule has 2 fully saturated rings. The minimum atomic E-state index is -0.0339. The summed E-state index contributed by atoms with van der Waals surface area (Å²) in [5.74, 6) is 0.149. The van der Waals surface area contributed by atoms with Gasteiger partial charge in [-0.05, 0) is 32.8 Å². The Morgan fingerprint density at radius 2 is 1.84 bits per heavy atom. The molecule has 0 atom stereocenters. The molecule has 7 nitrogen and oxygen atoms in total. The number of thiazole rings is 1. The third-order valence-electron chi connectivity index (χ3n) is 7.06. The second-order valence-corrected chi connectivity index (χ2v) is 10.0. The molecule has 1 amide bonds. The molecule has 1 aliphatic carbocycles. The van der Waals surface area contributed by atoms with Crippen molar-refractivity contribution in [2.24, 2.45) is 0 Å². The van der Waals surface area contributed by atoms with Gasteiger partial charge in [0.2, 0.25) is 0 Å². The Morgan fingerprint density at radius 1 is 1.09 bits per heavy atom. The van der Waals surface area contributed by atoms with Crippen LogP contribution < -0.4 is 5.56 Å². The van der Waals surface area contributed by atoms with Crippen LogP contribution in [0, 0.1) is 13.8 Å². The normalized spacial score (nSPS) is 18.5. The van der Waals surface area contributed by atoms with E-state index in [2.05, 4.69) is 34.4 Å². The number of amides is 1. The summed E-state index contributed by atoms with van der Waals surface area (Å²) < 4.78 is 3.99. The Kier molecular flexibility index (Phi) is 5.90. The third-order valence-corrected chi connectivity index (χ3v) is 7.81. The van der Waals surface area contributed by atoms with Crippen molar-refractivity contribution >= 4 is 22.2 Å². The summed E-state index contributed by atoms with van der Waals surface area (Å²) >= 11 is 1.47. The van der Waals surface area contributed by atoms with Crippen molar-refractivity contribution in [2.45, 2.75) is 58.5 Å². The lowest BCUT2D eigenvalue weighted by atomic mass is 9.95. The molecule has 3 aromatic rings. The lowest BCUT2D eigenvalue weighted by Gasteiger charge is -2.34. The van der Waals surface area contributed by atoms with Crippen LogP contribution in [0.3, 0.4) is 0 Å². The number of carbonyl (C=O) groups is 1. The van der Waals surface area contributed by atoms with E-state index in [1.807, 2.05) is 10.3 Å². The van der Waals surface area contributed by atoms with E-state index in [1.165, 1.54) is 49.1 Å². The van der Waals surface area contributed by atoms with E-state index in [1.54, 1.807) is 16.7 Å². The topological polar surface area (TPSA) is 62.9 Å². The van der Waals surface area contributed by atoms with Gasteiger partial charge in [-0.3, -0.25) is 18.9 Å². The first kappa shape index (κ1) is 21.4. The summed E-state index contributed by atoms with van der Waals surface area (Å²) in [6.07, 6.45) is 8.10. The molecule has 32 heavy (non-hydrogen) atoms. The van der Waals surface area contributed by atoms with Gasteiger partial charge in [-0.15, -0.1) is 11.3 Å². The van der Waals surface area contributed by atoms with E-state index in [0.717, 1.165) is 35.0 Å². The second kappa shape index (κ2) is 8.83. The van der Waals surface area contributed by atoms with E-state index in [0.29, 0.717) is 25.7 Å². The molecular weight excluding hydrogens is 422 g/mol. The maximum Gasteiger partial charge on any atom is 0.258 e. The Morgan fingerprint density at radius 3 is 2.59 bits per heavy atom. The van der Waals surface area contributed by atoms with Crippen molar-refractivity contribution in [3.63, 3.8) is 0 Å². The molecule has 0 aromatic carbocycles. The van der Waals surface area contributed by atoms with Gasteiger partial charge in [0.15, 0.2) is 4.96 Å². The lowest BCUT2D eigenvalue weighted by molar-refractivity contribution is 0.0626. The number of fused-ring (bicyclic) bond motifs is 1. The summed E-state index contributed by atoms with van der Waals surface area (Å²) in [7, 11) is 0. The largest absolute Gasteiger partial charge is 0.345 e. The lowest BCUT2D eigenvalue weighted by Crippen LogP contribution is -2.48. The van der Waals surface area contributed by atoms with Crippen LogP contribution in [0.25, 0.3) is 4.96 Å². The van der Waals surface area contributed by atoms with E-state index in [4.69, 9.17) is 0 Å². The van der Waals surface area contributed by atoms with Crippen LogP contribution in [-0.4, -0.2) is 55.8 Å². The maximum absolute atomic E-state index is 13.3. The average molecular weight is 454 g/mol. The quantitative estimate of drug-likeness (QED) is 0.605. The van der Waals surface area contributed by atoms with Crippen molar-refractivity contribution < 1.29 is 4.79 Å². The molecule has 4 heterocycles. The number of aromatic nitrogens is 3. The van der Waals surface area contributed by atoms with Crippen LogP contribution in [0.5, 0.6) is 0 Å². The van der Waals surface area contributed by atoms with Gasteiger partial charge in [0.25, 0.3) is 11.5 Å². The number of nitrogens with zero attached hydrogens (tertiary/aromatic N) is 5. The second-order valence-electron chi connectivity index (χ2n) is 9.16. The van der Waals surface area contributed by atoms with Crippen LogP contribution in [-0.2, 0) is 6.54 Å². The average Bonchev–Trinajstić information content (AvgIpc) is 3.39. The highest BCUT2D eigenvalue weighted by atomic mass is 32.1. The summed E-state index contributed by atoms with van der Waals surface area (Å²) in [5, 5.41) is 1.88. The highest BCUT2D eigenvalue weighted by Crippen LogP contribution is 2.32. The first-order chi connectivity index (χ1) is 15.5.